The number of nitrogens with zero attached hydrogens (tertiary/aromatic N) is 1. The van der Waals surface area contributed by atoms with Crippen molar-refractivity contribution in [2.24, 2.45) is 0 Å². The largest absolute Gasteiger partial charge is 0.399 e. The van der Waals surface area contributed by atoms with Crippen LogP contribution in [0.1, 0.15) is 18.4 Å². The minimum absolute atomic E-state index is 0. The molecule has 1 aliphatic rings. The first-order valence-electron chi connectivity index (χ1n) is 6.35. The van der Waals surface area contributed by atoms with Crippen molar-refractivity contribution in [2.45, 2.75) is 25.3 Å². The van der Waals surface area contributed by atoms with Gasteiger partial charge in [-0.3, -0.25) is 4.79 Å². The lowest BCUT2D eigenvalue weighted by atomic mass is 10.1. The average Bonchev–Trinajstić information content (AvgIpc) is 2.90. The van der Waals surface area contributed by atoms with Gasteiger partial charge in [0.1, 0.15) is 0 Å². The topological polar surface area (TPSA) is 55.6 Å². The van der Waals surface area contributed by atoms with Gasteiger partial charge in [-0.2, -0.15) is 0 Å². The summed E-state index contributed by atoms with van der Waals surface area (Å²) in [6.45, 7) is 1.42. The van der Waals surface area contributed by atoms with E-state index >= 15 is 0 Å². The van der Waals surface area contributed by atoms with Crippen LogP contribution >= 0.6 is 12.4 Å². The number of hydrogen-bond donors (Lipinski definition) is 1. The minimum Gasteiger partial charge on any atom is -0.399 e. The van der Waals surface area contributed by atoms with E-state index in [0.29, 0.717) is 19.4 Å². The highest BCUT2D eigenvalue weighted by molar-refractivity contribution is 5.85. The number of carbonyl (C=O) groups excluding carboxylic acids is 1. The van der Waals surface area contributed by atoms with Gasteiger partial charge in [-0.05, 0) is 24.5 Å². The first-order valence-corrected chi connectivity index (χ1v) is 6.35. The van der Waals surface area contributed by atoms with Crippen molar-refractivity contribution >= 4 is 24.0 Å². The molecular weight excluding hydrogens is 264 g/mol. The van der Waals surface area contributed by atoms with E-state index in [1.165, 1.54) is 0 Å². The van der Waals surface area contributed by atoms with E-state index < -0.39 is 0 Å². The Bertz CT molecular complexity index is 420. The molecule has 1 atom stereocenters. The zero-order valence-corrected chi connectivity index (χ0v) is 12.0. The van der Waals surface area contributed by atoms with Crippen LogP contribution < -0.4 is 5.73 Å². The van der Waals surface area contributed by atoms with E-state index in [1.807, 2.05) is 36.2 Å². The van der Waals surface area contributed by atoms with Gasteiger partial charge in [0.15, 0.2) is 0 Å². The van der Waals surface area contributed by atoms with Crippen LogP contribution in [0, 0.1) is 0 Å². The molecule has 0 radical (unpaired) electrons. The van der Waals surface area contributed by atoms with Crippen LogP contribution in [0.15, 0.2) is 24.3 Å². The van der Waals surface area contributed by atoms with Crippen LogP contribution in [-0.2, 0) is 16.0 Å². The van der Waals surface area contributed by atoms with Crippen LogP contribution in [0.5, 0.6) is 0 Å². The third-order valence-corrected chi connectivity index (χ3v) is 3.51. The Hall–Kier alpha value is -1.26. The summed E-state index contributed by atoms with van der Waals surface area (Å²) in [6, 6.07) is 7.94. The third-order valence-electron chi connectivity index (χ3n) is 3.51. The van der Waals surface area contributed by atoms with Gasteiger partial charge in [-0.15, -0.1) is 12.4 Å². The number of likely N-dealkylation sites (N-methyl/N-ethyl adjacent to an activating group) is 1. The zero-order valence-electron chi connectivity index (χ0n) is 11.2. The molecule has 5 heteroatoms. The van der Waals surface area contributed by atoms with E-state index in [-0.39, 0.29) is 24.4 Å². The average molecular weight is 285 g/mol. The van der Waals surface area contributed by atoms with E-state index in [1.54, 1.807) is 0 Å². The fraction of sp³-hybridized carbons (Fsp3) is 0.500. The summed E-state index contributed by atoms with van der Waals surface area (Å²) in [5.74, 6) is 0.161. The maximum atomic E-state index is 12.0. The monoisotopic (exact) mass is 284 g/mol. The van der Waals surface area contributed by atoms with Crippen molar-refractivity contribution < 1.29 is 9.53 Å². The van der Waals surface area contributed by atoms with Gasteiger partial charge in [-0.25, -0.2) is 0 Å². The molecule has 0 aromatic heterocycles. The zero-order chi connectivity index (χ0) is 13.0. The highest BCUT2D eigenvalue weighted by atomic mass is 35.5. The number of rotatable bonds is 4. The summed E-state index contributed by atoms with van der Waals surface area (Å²) in [7, 11) is 1.86. The van der Waals surface area contributed by atoms with Gasteiger partial charge < -0.3 is 15.4 Å². The molecule has 1 saturated heterocycles. The Morgan fingerprint density at radius 1 is 1.47 bits per heavy atom. The fourth-order valence-electron chi connectivity index (χ4n) is 2.21. The second kappa shape index (κ2) is 7.36. The number of amides is 1. The lowest BCUT2D eigenvalue weighted by molar-refractivity contribution is -0.131. The standard InChI is InChI=1S/C14H20N2O2.ClH/c1-16(12-8-9-18-10-12)14(17)7-6-11-4-2-3-5-13(11)15;/h2-5,12H,6-10,15H2,1H3;1H. The number of carbonyl (C=O) groups is 1. The molecular formula is C14H21ClN2O2. The number of para-hydroxylation sites is 1. The second-order valence-electron chi connectivity index (χ2n) is 4.72. The minimum atomic E-state index is 0. The van der Waals surface area contributed by atoms with Crippen molar-refractivity contribution in [3.63, 3.8) is 0 Å². The van der Waals surface area contributed by atoms with Gasteiger partial charge in [0.05, 0.1) is 12.6 Å². The number of anilines is 1. The number of ether oxygens (including phenoxy) is 1. The number of hydrogen-bond acceptors (Lipinski definition) is 3. The summed E-state index contributed by atoms with van der Waals surface area (Å²) in [6.07, 6.45) is 2.14. The molecule has 1 aliphatic heterocycles. The molecule has 4 nitrogen and oxygen atoms in total. The molecule has 1 aromatic rings. The SMILES string of the molecule is CN(C(=O)CCc1ccccc1N)C1CCOC1.Cl. The maximum absolute atomic E-state index is 12.0. The van der Waals surface area contributed by atoms with Crippen LogP contribution in [-0.4, -0.2) is 37.1 Å². The predicted octanol–water partition coefficient (Wildman–Crippen LogP) is 1.87. The molecule has 1 amide bonds. The lowest BCUT2D eigenvalue weighted by Gasteiger charge is -2.23. The summed E-state index contributed by atoms with van der Waals surface area (Å²) in [5.41, 5.74) is 7.66. The molecule has 106 valence electrons. The van der Waals surface area contributed by atoms with Gasteiger partial charge in [0, 0.05) is 25.8 Å². The number of halogens is 1. The van der Waals surface area contributed by atoms with Gasteiger partial charge >= 0.3 is 0 Å². The molecule has 1 heterocycles. The molecule has 0 aliphatic carbocycles. The summed E-state index contributed by atoms with van der Waals surface area (Å²) < 4.78 is 5.30. The lowest BCUT2D eigenvalue weighted by Crippen LogP contribution is -2.37. The van der Waals surface area contributed by atoms with E-state index in [0.717, 1.165) is 24.3 Å². The fourth-order valence-corrected chi connectivity index (χ4v) is 2.21. The quantitative estimate of drug-likeness (QED) is 0.859. The van der Waals surface area contributed by atoms with E-state index in [2.05, 4.69) is 0 Å². The van der Waals surface area contributed by atoms with E-state index in [4.69, 9.17) is 10.5 Å². The number of nitrogen functional groups attached to an aromatic ring is 1. The predicted molar refractivity (Wildman–Crippen MR) is 78.4 cm³/mol. The summed E-state index contributed by atoms with van der Waals surface area (Å²) in [5, 5.41) is 0. The van der Waals surface area contributed by atoms with Crippen molar-refractivity contribution in [1.29, 1.82) is 0 Å². The van der Waals surface area contributed by atoms with Crippen LogP contribution in [0.3, 0.4) is 0 Å². The Morgan fingerprint density at radius 3 is 2.84 bits per heavy atom. The van der Waals surface area contributed by atoms with Crippen molar-refractivity contribution in [1.82, 2.24) is 4.90 Å². The Labute approximate surface area is 120 Å². The maximum Gasteiger partial charge on any atom is 0.222 e. The number of benzene rings is 1. The van der Waals surface area contributed by atoms with Crippen molar-refractivity contribution in [3.8, 4) is 0 Å². The Balaban J connectivity index is 0.00000180. The molecule has 1 unspecified atom stereocenters. The van der Waals surface area contributed by atoms with Gasteiger partial charge in [0.2, 0.25) is 5.91 Å². The number of aryl methyl sites for hydroxylation is 1. The van der Waals surface area contributed by atoms with Crippen molar-refractivity contribution in [3.05, 3.63) is 29.8 Å². The molecule has 2 N–H and O–H groups in total. The summed E-state index contributed by atoms with van der Waals surface area (Å²) in [4.78, 5) is 13.9. The molecule has 1 fully saturated rings. The van der Waals surface area contributed by atoms with Crippen molar-refractivity contribution in [2.75, 3.05) is 26.0 Å². The molecule has 0 spiro atoms. The molecule has 1 aromatic carbocycles. The molecule has 19 heavy (non-hydrogen) atoms. The smallest absolute Gasteiger partial charge is 0.222 e. The normalized spacial score (nSPS) is 17.8. The first-order chi connectivity index (χ1) is 8.68. The molecule has 0 saturated carbocycles. The summed E-state index contributed by atoms with van der Waals surface area (Å²) >= 11 is 0. The van der Waals surface area contributed by atoms with Crippen LogP contribution in [0.25, 0.3) is 0 Å². The van der Waals surface area contributed by atoms with Gasteiger partial charge in [0.25, 0.3) is 0 Å². The second-order valence-corrected chi connectivity index (χ2v) is 4.72. The first kappa shape index (κ1) is 15.8. The molecule has 0 bridgehead atoms. The highest BCUT2D eigenvalue weighted by Gasteiger charge is 2.23. The number of nitrogens with two attached hydrogens (primary N) is 1. The van der Waals surface area contributed by atoms with Gasteiger partial charge in [-0.1, -0.05) is 18.2 Å². The van der Waals surface area contributed by atoms with Crippen LogP contribution in [0.4, 0.5) is 5.69 Å². The Kier molecular flexibility index (Phi) is 6.12. The third kappa shape index (κ3) is 4.11. The van der Waals surface area contributed by atoms with Crippen LogP contribution in [0.2, 0.25) is 0 Å². The van der Waals surface area contributed by atoms with E-state index in [9.17, 15) is 4.79 Å². The Morgan fingerprint density at radius 2 is 2.21 bits per heavy atom. The molecule has 2 rings (SSSR count). The highest BCUT2D eigenvalue weighted by Crippen LogP contribution is 2.15.